The first-order valence-electron chi connectivity index (χ1n) is 8.28. The number of piperazine rings is 1. The van der Waals surface area contributed by atoms with E-state index in [0.717, 1.165) is 32.6 Å². The molecule has 1 aromatic carbocycles. The van der Waals surface area contributed by atoms with Crippen molar-refractivity contribution < 1.29 is 14.7 Å². The second-order valence-corrected chi connectivity index (χ2v) is 6.35. The van der Waals surface area contributed by atoms with Crippen LogP contribution in [0.2, 0.25) is 0 Å². The van der Waals surface area contributed by atoms with Gasteiger partial charge in [-0.2, -0.15) is 0 Å². The lowest BCUT2D eigenvalue weighted by Gasteiger charge is -2.39. The van der Waals surface area contributed by atoms with Crippen LogP contribution in [0, 0.1) is 5.92 Å². The Labute approximate surface area is 137 Å². The zero-order chi connectivity index (χ0) is 16.7. The molecule has 0 aromatic heterocycles. The molecule has 0 aliphatic carbocycles. The highest BCUT2D eigenvalue weighted by Crippen LogP contribution is 2.21. The third-order valence-corrected chi connectivity index (χ3v) is 4.51. The van der Waals surface area contributed by atoms with E-state index in [1.165, 1.54) is 5.56 Å². The topological polar surface area (TPSA) is 69.6 Å². The number of aliphatic carboxylic acids is 1. The molecule has 126 valence electrons. The predicted octanol–water partition coefficient (Wildman–Crippen LogP) is 1.92. The summed E-state index contributed by atoms with van der Waals surface area (Å²) in [7, 11) is 0. The minimum atomic E-state index is -1.03. The van der Waals surface area contributed by atoms with Crippen LogP contribution in [0.4, 0.5) is 0 Å². The number of hydrogen-bond acceptors (Lipinski definition) is 4. The Morgan fingerprint density at radius 1 is 1.35 bits per heavy atom. The van der Waals surface area contributed by atoms with Crippen LogP contribution in [-0.2, 0) is 16.1 Å². The van der Waals surface area contributed by atoms with Crippen molar-refractivity contribution in [2.45, 2.75) is 38.8 Å². The molecule has 1 aliphatic rings. The first-order chi connectivity index (χ1) is 11.1. The van der Waals surface area contributed by atoms with Gasteiger partial charge in [-0.3, -0.25) is 14.5 Å². The number of nitrogens with zero attached hydrogens (tertiary/aromatic N) is 1. The van der Waals surface area contributed by atoms with Crippen molar-refractivity contribution in [2.24, 2.45) is 5.92 Å². The van der Waals surface area contributed by atoms with Gasteiger partial charge >= 0.3 is 5.97 Å². The summed E-state index contributed by atoms with van der Waals surface area (Å²) in [6.45, 7) is 5.96. The number of carboxylic acids is 1. The summed E-state index contributed by atoms with van der Waals surface area (Å²) in [5.41, 5.74) is 1.30. The lowest BCUT2D eigenvalue weighted by Crippen LogP contribution is -2.53. The maximum Gasteiger partial charge on any atom is 0.310 e. The molecule has 1 heterocycles. The SMILES string of the molecule is CC(CCC(=O)CC(=O)O)C1CNCCN1Cc1ccccc1. The molecular formula is C18H26N2O3. The fourth-order valence-electron chi connectivity index (χ4n) is 3.18. The average molecular weight is 318 g/mol. The summed E-state index contributed by atoms with van der Waals surface area (Å²) in [5.74, 6) is -0.861. The second-order valence-electron chi connectivity index (χ2n) is 6.35. The summed E-state index contributed by atoms with van der Waals surface area (Å²) < 4.78 is 0. The average Bonchev–Trinajstić information content (AvgIpc) is 2.53. The molecule has 0 amide bonds. The molecule has 2 N–H and O–H groups in total. The number of hydrogen-bond donors (Lipinski definition) is 2. The van der Waals surface area contributed by atoms with Gasteiger partial charge < -0.3 is 10.4 Å². The van der Waals surface area contributed by atoms with E-state index in [9.17, 15) is 9.59 Å². The molecule has 1 aliphatic heterocycles. The Hall–Kier alpha value is -1.72. The maximum atomic E-state index is 11.6. The molecule has 1 aromatic rings. The van der Waals surface area contributed by atoms with Gasteiger partial charge in [0.15, 0.2) is 0 Å². The number of benzene rings is 1. The van der Waals surface area contributed by atoms with Crippen molar-refractivity contribution in [2.75, 3.05) is 19.6 Å². The quantitative estimate of drug-likeness (QED) is 0.717. The van der Waals surface area contributed by atoms with Gasteiger partial charge in [0.1, 0.15) is 12.2 Å². The van der Waals surface area contributed by atoms with Crippen molar-refractivity contribution in [1.82, 2.24) is 10.2 Å². The molecule has 0 saturated carbocycles. The number of nitrogens with one attached hydrogen (secondary N) is 1. The third-order valence-electron chi connectivity index (χ3n) is 4.51. The van der Waals surface area contributed by atoms with Crippen molar-refractivity contribution >= 4 is 11.8 Å². The molecule has 5 nitrogen and oxygen atoms in total. The molecule has 0 bridgehead atoms. The van der Waals surface area contributed by atoms with E-state index in [2.05, 4.69) is 41.4 Å². The summed E-state index contributed by atoms with van der Waals surface area (Å²) in [6.07, 6.45) is 0.732. The van der Waals surface area contributed by atoms with Gasteiger partial charge in [-0.1, -0.05) is 37.3 Å². The largest absolute Gasteiger partial charge is 0.481 e. The summed E-state index contributed by atoms with van der Waals surface area (Å²) in [4.78, 5) is 24.6. The maximum absolute atomic E-state index is 11.6. The van der Waals surface area contributed by atoms with Crippen LogP contribution in [0.3, 0.4) is 0 Å². The molecular weight excluding hydrogens is 292 g/mol. The Morgan fingerprint density at radius 3 is 2.78 bits per heavy atom. The number of carboxylic acid groups (broad SMARTS) is 1. The van der Waals surface area contributed by atoms with Crippen molar-refractivity contribution in [3.05, 3.63) is 35.9 Å². The van der Waals surface area contributed by atoms with Crippen LogP contribution in [0.15, 0.2) is 30.3 Å². The van der Waals surface area contributed by atoms with Crippen molar-refractivity contribution in [3.63, 3.8) is 0 Å². The van der Waals surface area contributed by atoms with Gasteiger partial charge in [-0.25, -0.2) is 0 Å². The first-order valence-corrected chi connectivity index (χ1v) is 8.28. The molecule has 1 fully saturated rings. The second kappa shape index (κ2) is 8.79. The van der Waals surface area contributed by atoms with Crippen molar-refractivity contribution in [3.8, 4) is 0 Å². The predicted molar refractivity (Wildman–Crippen MR) is 89.2 cm³/mol. The van der Waals surface area contributed by atoms with Crippen LogP contribution < -0.4 is 5.32 Å². The highest BCUT2D eigenvalue weighted by atomic mass is 16.4. The molecule has 23 heavy (non-hydrogen) atoms. The van der Waals surface area contributed by atoms with Gasteiger partial charge in [-0.15, -0.1) is 0 Å². The lowest BCUT2D eigenvalue weighted by molar-refractivity contribution is -0.140. The lowest BCUT2D eigenvalue weighted by atomic mass is 9.92. The molecule has 5 heteroatoms. The van der Waals surface area contributed by atoms with E-state index in [-0.39, 0.29) is 12.2 Å². The van der Waals surface area contributed by atoms with Gasteiger partial charge in [0.05, 0.1) is 0 Å². The number of Topliss-reactive ketones (excluding diaryl/α,β-unsaturated/α-hetero) is 1. The number of rotatable bonds is 8. The molecule has 2 unspecified atom stereocenters. The van der Waals surface area contributed by atoms with E-state index in [0.29, 0.717) is 18.4 Å². The smallest absolute Gasteiger partial charge is 0.310 e. The number of carbonyl (C=O) groups is 2. The third kappa shape index (κ3) is 5.77. The van der Waals surface area contributed by atoms with E-state index in [1.807, 2.05) is 6.07 Å². The van der Waals surface area contributed by atoms with Crippen LogP contribution >= 0.6 is 0 Å². The standard InChI is InChI=1S/C18H26N2O3/c1-14(7-8-16(21)11-18(22)23)17-12-19-9-10-20(17)13-15-5-3-2-4-6-15/h2-6,14,17,19H,7-13H2,1H3,(H,22,23). The number of carbonyl (C=O) groups excluding carboxylic acids is 1. The molecule has 0 spiro atoms. The summed E-state index contributed by atoms with van der Waals surface area (Å²) >= 11 is 0. The monoisotopic (exact) mass is 318 g/mol. The van der Waals surface area contributed by atoms with E-state index in [4.69, 9.17) is 5.11 Å². The van der Waals surface area contributed by atoms with Crippen molar-refractivity contribution in [1.29, 1.82) is 0 Å². The fraction of sp³-hybridized carbons (Fsp3) is 0.556. The van der Waals surface area contributed by atoms with Gasteiger partial charge in [0.2, 0.25) is 0 Å². The Bertz CT molecular complexity index is 518. The highest BCUT2D eigenvalue weighted by Gasteiger charge is 2.27. The Morgan fingerprint density at radius 2 is 2.09 bits per heavy atom. The van der Waals surface area contributed by atoms with Crippen LogP contribution in [-0.4, -0.2) is 47.4 Å². The minimum absolute atomic E-state index is 0.178. The van der Waals surface area contributed by atoms with E-state index in [1.54, 1.807) is 0 Å². The normalized spacial score (nSPS) is 20.1. The summed E-state index contributed by atoms with van der Waals surface area (Å²) in [5, 5.41) is 12.1. The zero-order valence-electron chi connectivity index (χ0n) is 13.7. The fourth-order valence-corrected chi connectivity index (χ4v) is 3.18. The van der Waals surface area contributed by atoms with Gasteiger partial charge in [0, 0.05) is 38.6 Å². The molecule has 2 rings (SSSR count). The molecule has 2 atom stereocenters. The number of ketones is 1. The van der Waals surface area contributed by atoms with E-state index < -0.39 is 5.97 Å². The van der Waals surface area contributed by atoms with Crippen LogP contribution in [0.25, 0.3) is 0 Å². The first kappa shape index (κ1) is 17.6. The van der Waals surface area contributed by atoms with Crippen LogP contribution in [0.1, 0.15) is 31.7 Å². The molecule has 0 radical (unpaired) electrons. The van der Waals surface area contributed by atoms with Gasteiger partial charge in [-0.05, 0) is 17.9 Å². The Kier molecular flexibility index (Phi) is 6.74. The summed E-state index contributed by atoms with van der Waals surface area (Å²) in [6, 6.07) is 10.8. The minimum Gasteiger partial charge on any atom is -0.481 e. The van der Waals surface area contributed by atoms with Gasteiger partial charge in [0.25, 0.3) is 0 Å². The van der Waals surface area contributed by atoms with E-state index >= 15 is 0 Å². The van der Waals surface area contributed by atoms with Crippen LogP contribution in [0.5, 0.6) is 0 Å². The Balaban J connectivity index is 1.89. The highest BCUT2D eigenvalue weighted by molar-refractivity contribution is 5.94. The molecule has 1 saturated heterocycles. The zero-order valence-corrected chi connectivity index (χ0v) is 13.7.